The Kier molecular flexibility index (Phi) is 9.09. The summed E-state index contributed by atoms with van der Waals surface area (Å²) in [6.45, 7) is 7.17. The summed E-state index contributed by atoms with van der Waals surface area (Å²) >= 11 is 0. The number of hydrogen-bond acceptors (Lipinski definition) is 3. The summed E-state index contributed by atoms with van der Waals surface area (Å²) in [5.74, 6) is 0.923. The van der Waals surface area contributed by atoms with E-state index in [1.165, 1.54) is 5.56 Å². The van der Waals surface area contributed by atoms with Crippen LogP contribution in [-0.2, 0) is 11.2 Å². The number of aryl methyl sites for hydroxylation is 1. The van der Waals surface area contributed by atoms with Gasteiger partial charge in [0.25, 0.3) is 0 Å². The molecule has 0 aliphatic carbocycles. The predicted molar refractivity (Wildman–Crippen MR) is 84.5 cm³/mol. The lowest BCUT2D eigenvalue weighted by atomic mass is 10.1. The topological polar surface area (TPSA) is 30.5 Å². The van der Waals surface area contributed by atoms with Crippen LogP contribution in [0.4, 0.5) is 0 Å². The smallest absolute Gasteiger partial charge is 0.118 e. The molecule has 0 aliphatic rings. The normalized spacial score (nSPS) is 12.3. The molecule has 114 valence electrons. The fourth-order valence-electron chi connectivity index (χ4n) is 2.05. The second-order valence-electron chi connectivity index (χ2n) is 5.21. The average molecular weight is 279 g/mol. The molecule has 1 N–H and O–H groups in total. The minimum absolute atomic E-state index is 0.545. The van der Waals surface area contributed by atoms with E-state index in [1.54, 1.807) is 7.11 Å². The fraction of sp³-hybridized carbons (Fsp3) is 0.647. The van der Waals surface area contributed by atoms with Gasteiger partial charge in [-0.2, -0.15) is 0 Å². The molecule has 1 aromatic carbocycles. The number of ether oxygens (including phenoxy) is 2. The molecule has 0 saturated carbocycles. The molecule has 20 heavy (non-hydrogen) atoms. The molecule has 1 rings (SSSR count). The molecule has 0 bridgehead atoms. The molecule has 1 unspecified atom stereocenters. The van der Waals surface area contributed by atoms with Crippen molar-refractivity contribution in [2.75, 3.05) is 26.9 Å². The third-order valence-electron chi connectivity index (χ3n) is 3.33. The molecule has 0 amide bonds. The lowest BCUT2D eigenvalue weighted by Crippen LogP contribution is -2.28. The van der Waals surface area contributed by atoms with Crippen LogP contribution >= 0.6 is 0 Å². The maximum Gasteiger partial charge on any atom is 0.118 e. The third-order valence-corrected chi connectivity index (χ3v) is 3.33. The van der Waals surface area contributed by atoms with Gasteiger partial charge in [0.05, 0.1) is 7.11 Å². The van der Waals surface area contributed by atoms with Gasteiger partial charge in [0.1, 0.15) is 5.75 Å². The van der Waals surface area contributed by atoms with Gasteiger partial charge in [-0.15, -0.1) is 0 Å². The van der Waals surface area contributed by atoms with E-state index in [4.69, 9.17) is 9.47 Å². The number of hydrogen-bond donors (Lipinski definition) is 1. The Labute approximate surface area is 123 Å². The quantitative estimate of drug-likeness (QED) is 0.630. The zero-order chi connectivity index (χ0) is 14.6. The van der Waals surface area contributed by atoms with Crippen molar-refractivity contribution in [1.29, 1.82) is 0 Å². The molecule has 0 radical (unpaired) electrons. The largest absolute Gasteiger partial charge is 0.497 e. The van der Waals surface area contributed by atoms with Gasteiger partial charge < -0.3 is 14.8 Å². The van der Waals surface area contributed by atoms with E-state index in [0.29, 0.717) is 6.04 Å². The van der Waals surface area contributed by atoms with Crippen molar-refractivity contribution in [1.82, 2.24) is 5.32 Å². The number of benzene rings is 1. The van der Waals surface area contributed by atoms with Crippen molar-refractivity contribution in [3.8, 4) is 5.75 Å². The summed E-state index contributed by atoms with van der Waals surface area (Å²) in [6.07, 6.45) is 4.45. The van der Waals surface area contributed by atoms with Crippen LogP contribution in [0.15, 0.2) is 24.3 Å². The minimum Gasteiger partial charge on any atom is -0.497 e. The van der Waals surface area contributed by atoms with E-state index in [1.807, 2.05) is 12.1 Å². The number of rotatable bonds is 11. The van der Waals surface area contributed by atoms with E-state index < -0.39 is 0 Å². The van der Waals surface area contributed by atoms with Gasteiger partial charge in [-0.25, -0.2) is 0 Å². The molecule has 0 saturated heterocycles. The summed E-state index contributed by atoms with van der Waals surface area (Å²) < 4.78 is 10.6. The van der Waals surface area contributed by atoms with E-state index in [-0.39, 0.29) is 0 Å². The van der Waals surface area contributed by atoms with E-state index >= 15 is 0 Å². The van der Waals surface area contributed by atoms with Crippen LogP contribution in [0.2, 0.25) is 0 Å². The highest BCUT2D eigenvalue weighted by molar-refractivity contribution is 5.27. The van der Waals surface area contributed by atoms with Gasteiger partial charge in [0.2, 0.25) is 0 Å². The highest BCUT2D eigenvalue weighted by Gasteiger charge is 2.02. The van der Waals surface area contributed by atoms with Gasteiger partial charge >= 0.3 is 0 Å². The Morgan fingerprint density at radius 1 is 1.15 bits per heavy atom. The Hall–Kier alpha value is -1.06. The second kappa shape index (κ2) is 10.7. The Morgan fingerprint density at radius 3 is 2.55 bits per heavy atom. The van der Waals surface area contributed by atoms with Gasteiger partial charge in [-0.1, -0.05) is 19.1 Å². The van der Waals surface area contributed by atoms with Crippen molar-refractivity contribution >= 4 is 0 Å². The molecule has 1 aromatic rings. The summed E-state index contributed by atoms with van der Waals surface area (Å²) in [5.41, 5.74) is 1.37. The summed E-state index contributed by atoms with van der Waals surface area (Å²) in [4.78, 5) is 0. The first-order chi connectivity index (χ1) is 9.76. The van der Waals surface area contributed by atoms with Crippen LogP contribution in [0.5, 0.6) is 5.75 Å². The van der Waals surface area contributed by atoms with Crippen LogP contribution in [0.3, 0.4) is 0 Å². The van der Waals surface area contributed by atoms with Crippen LogP contribution in [0, 0.1) is 0 Å². The first-order valence-corrected chi connectivity index (χ1v) is 7.70. The number of nitrogens with one attached hydrogen (secondary N) is 1. The lowest BCUT2D eigenvalue weighted by Gasteiger charge is -2.14. The molecule has 0 fully saturated rings. The van der Waals surface area contributed by atoms with Crippen LogP contribution in [-0.4, -0.2) is 32.9 Å². The second-order valence-corrected chi connectivity index (χ2v) is 5.21. The zero-order valence-electron chi connectivity index (χ0n) is 13.2. The van der Waals surface area contributed by atoms with Crippen molar-refractivity contribution in [3.63, 3.8) is 0 Å². The Balaban J connectivity index is 2.08. The van der Waals surface area contributed by atoms with Crippen LogP contribution < -0.4 is 10.1 Å². The molecule has 0 spiro atoms. The van der Waals surface area contributed by atoms with Crippen molar-refractivity contribution in [2.24, 2.45) is 0 Å². The van der Waals surface area contributed by atoms with Gasteiger partial charge in [-0.05, 0) is 56.8 Å². The first kappa shape index (κ1) is 17.0. The molecule has 1 atom stereocenters. The maximum absolute atomic E-state index is 5.46. The number of methoxy groups -OCH3 is 1. The molecule has 0 heterocycles. The van der Waals surface area contributed by atoms with Crippen LogP contribution in [0.1, 0.15) is 38.7 Å². The first-order valence-electron chi connectivity index (χ1n) is 7.70. The fourth-order valence-corrected chi connectivity index (χ4v) is 2.05. The Bertz CT molecular complexity index is 337. The van der Waals surface area contributed by atoms with Crippen molar-refractivity contribution in [3.05, 3.63) is 29.8 Å². The lowest BCUT2D eigenvalue weighted by molar-refractivity contribution is 0.131. The summed E-state index contributed by atoms with van der Waals surface area (Å²) in [5, 5.41) is 3.55. The molecular formula is C17H29NO2. The molecule has 3 nitrogen and oxygen atoms in total. The van der Waals surface area contributed by atoms with Crippen LogP contribution in [0.25, 0.3) is 0 Å². The predicted octanol–water partition coefficient (Wildman–Crippen LogP) is 3.42. The monoisotopic (exact) mass is 279 g/mol. The molecular weight excluding hydrogens is 250 g/mol. The summed E-state index contributed by atoms with van der Waals surface area (Å²) in [7, 11) is 1.70. The summed E-state index contributed by atoms with van der Waals surface area (Å²) in [6, 6.07) is 8.88. The van der Waals surface area contributed by atoms with E-state index in [0.717, 1.165) is 51.2 Å². The standard InChI is InChI=1S/C17H29NO2/c1-4-13-20-14-5-12-18-15(2)6-7-16-8-10-17(19-3)11-9-16/h8-11,15,18H,4-7,12-14H2,1-3H3. The average Bonchev–Trinajstić information content (AvgIpc) is 2.49. The van der Waals surface area contributed by atoms with Crippen molar-refractivity contribution < 1.29 is 9.47 Å². The van der Waals surface area contributed by atoms with Gasteiger partial charge in [-0.3, -0.25) is 0 Å². The maximum atomic E-state index is 5.46. The SMILES string of the molecule is CCCOCCCNC(C)CCc1ccc(OC)cc1. The Morgan fingerprint density at radius 2 is 1.90 bits per heavy atom. The van der Waals surface area contributed by atoms with Gasteiger partial charge in [0.15, 0.2) is 0 Å². The third kappa shape index (κ3) is 7.51. The van der Waals surface area contributed by atoms with E-state index in [2.05, 4.69) is 31.3 Å². The molecule has 0 aliphatic heterocycles. The van der Waals surface area contributed by atoms with Crippen molar-refractivity contribution in [2.45, 2.75) is 45.6 Å². The minimum atomic E-state index is 0.545. The zero-order valence-corrected chi connectivity index (χ0v) is 13.2. The molecule has 0 aromatic heterocycles. The molecule has 3 heteroatoms. The van der Waals surface area contributed by atoms with Gasteiger partial charge in [0, 0.05) is 19.3 Å². The highest BCUT2D eigenvalue weighted by atomic mass is 16.5. The highest BCUT2D eigenvalue weighted by Crippen LogP contribution is 2.13. The van der Waals surface area contributed by atoms with E-state index in [9.17, 15) is 0 Å².